The van der Waals surface area contributed by atoms with Crippen LogP contribution in [-0.4, -0.2) is 32.4 Å². The van der Waals surface area contributed by atoms with Gasteiger partial charge in [-0.25, -0.2) is 8.42 Å². The van der Waals surface area contributed by atoms with Gasteiger partial charge < -0.3 is 4.74 Å². The molecule has 2 rings (SSSR count). The lowest BCUT2D eigenvalue weighted by atomic mass is 10.2. The van der Waals surface area contributed by atoms with Crippen LogP contribution in [0.2, 0.25) is 5.02 Å². The Hall–Kier alpha value is -1.29. The Labute approximate surface area is 123 Å². The Balaban J connectivity index is 2.47. The van der Waals surface area contributed by atoms with Crippen LogP contribution in [0.5, 0.6) is 5.75 Å². The minimum absolute atomic E-state index is 0.0947. The number of nitrogens with zero attached hydrogens (tertiary/aromatic N) is 2. The molecule has 0 radical (unpaired) electrons. The maximum absolute atomic E-state index is 12.7. The van der Waals surface area contributed by atoms with Crippen LogP contribution in [-0.2, 0) is 16.4 Å². The lowest BCUT2D eigenvalue weighted by Gasteiger charge is -2.20. The summed E-state index contributed by atoms with van der Waals surface area (Å²) in [6.07, 6.45) is 0.805. The van der Waals surface area contributed by atoms with Crippen molar-refractivity contribution in [3.8, 4) is 11.8 Å². The predicted octanol–water partition coefficient (Wildman–Crippen LogP) is 2.20. The van der Waals surface area contributed by atoms with E-state index in [0.717, 1.165) is 5.56 Å². The molecular formula is C13H15ClN2O3S. The van der Waals surface area contributed by atoms with Gasteiger partial charge in [0.05, 0.1) is 12.7 Å². The van der Waals surface area contributed by atoms with E-state index in [1.807, 2.05) is 6.07 Å². The minimum Gasteiger partial charge on any atom is -0.492 e. The molecule has 0 saturated carbocycles. The quantitative estimate of drug-likeness (QED) is 0.835. The summed E-state index contributed by atoms with van der Waals surface area (Å²) in [4.78, 5) is 0.0947. The van der Waals surface area contributed by atoms with Crippen molar-refractivity contribution in [1.29, 1.82) is 5.26 Å². The fraction of sp³-hybridized carbons (Fsp3) is 0.462. The van der Waals surface area contributed by atoms with Crippen molar-refractivity contribution in [2.45, 2.75) is 24.7 Å². The zero-order valence-corrected chi connectivity index (χ0v) is 12.7. The van der Waals surface area contributed by atoms with Crippen molar-refractivity contribution in [1.82, 2.24) is 4.31 Å². The van der Waals surface area contributed by atoms with Crippen molar-refractivity contribution in [2.75, 3.05) is 19.7 Å². The van der Waals surface area contributed by atoms with E-state index in [-0.39, 0.29) is 17.9 Å². The van der Waals surface area contributed by atoms with E-state index < -0.39 is 10.0 Å². The maximum Gasteiger partial charge on any atom is 0.246 e. The summed E-state index contributed by atoms with van der Waals surface area (Å²) in [5.74, 6) is 0.393. The molecule has 0 spiro atoms. The minimum atomic E-state index is -3.70. The molecular weight excluding hydrogens is 300 g/mol. The van der Waals surface area contributed by atoms with Crippen molar-refractivity contribution in [2.24, 2.45) is 0 Å². The summed E-state index contributed by atoms with van der Waals surface area (Å²) in [6.45, 7) is 2.66. The lowest BCUT2D eigenvalue weighted by Crippen LogP contribution is -2.32. The molecule has 0 fully saturated rings. The predicted molar refractivity (Wildman–Crippen MR) is 75.3 cm³/mol. The molecule has 20 heavy (non-hydrogen) atoms. The largest absolute Gasteiger partial charge is 0.492 e. The number of benzene rings is 1. The smallest absolute Gasteiger partial charge is 0.246 e. The van der Waals surface area contributed by atoms with E-state index >= 15 is 0 Å². The van der Waals surface area contributed by atoms with Gasteiger partial charge in [0.1, 0.15) is 10.6 Å². The highest BCUT2D eigenvalue weighted by Crippen LogP contribution is 2.37. The third-order valence-electron chi connectivity index (χ3n) is 3.16. The molecule has 0 amide bonds. The molecule has 0 bridgehead atoms. The van der Waals surface area contributed by atoms with Crippen molar-refractivity contribution in [3.05, 3.63) is 22.7 Å². The summed E-state index contributed by atoms with van der Waals surface area (Å²) in [5, 5.41) is 9.01. The molecule has 0 unspecified atom stereocenters. The highest BCUT2D eigenvalue weighted by Gasteiger charge is 2.30. The van der Waals surface area contributed by atoms with Gasteiger partial charge in [0.2, 0.25) is 10.0 Å². The number of rotatable bonds is 5. The number of hydrogen-bond acceptors (Lipinski definition) is 4. The Morgan fingerprint density at radius 2 is 2.25 bits per heavy atom. The first kappa shape index (κ1) is 15.1. The molecule has 5 nitrogen and oxygen atoms in total. The zero-order valence-electron chi connectivity index (χ0n) is 11.1. The number of nitriles is 1. The van der Waals surface area contributed by atoms with Crippen LogP contribution < -0.4 is 4.74 Å². The van der Waals surface area contributed by atoms with Crippen LogP contribution in [0, 0.1) is 11.3 Å². The highest BCUT2D eigenvalue weighted by molar-refractivity contribution is 7.89. The lowest BCUT2D eigenvalue weighted by molar-refractivity contribution is 0.346. The Kier molecular flexibility index (Phi) is 4.53. The van der Waals surface area contributed by atoms with E-state index in [0.29, 0.717) is 30.3 Å². The topological polar surface area (TPSA) is 70.4 Å². The van der Waals surface area contributed by atoms with Crippen molar-refractivity contribution < 1.29 is 13.2 Å². The summed E-state index contributed by atoms with van der Waals surface area (Å²) >= 11 is 6.00. The number of halogens is 1. The maximum atomic E-state index is 12.7. The first-order valence-electron chi connectivity index (χ1n) is 6.33. The third-order valence-corrected chi connectivity index (χ3v) is 5.36. The van der Waals surface area contributed by atoms with Gasteiger partial charge in [-0.2, -0.15) is 9.57 Å². The highest BCUT2D eigenvalue weighted by atomic mass is 35.5. The monoisotopic (exact) mass is 314 g/mol. The summed E-state index contributed by atoms with van der Waals surface area (Å²) in [5.41, 5.74) is 0.812. The number of sulfonamides is 1. The number of ether oxygens (including phenoxy) is 1. The third kappa shape index (κ3) is 2.75. The van der Waals surface area contributed by atoms with Crippen LogP contribution >= 0.6 is 11.6 Å². The fourth-order valence-electron chi connectivity index (χ4n) is 2.19. The SMILES string of the molecule is CCN(CCC#N)S(=O)(=O)c1cc(Cl)cc2c1OCC2. The average Bonchev–Trinajstić information content (AvgIpc) is 2.86. The molecule has 1 aromatic carbocycles. The molecule has 0 saturated heterocycles. The summed E-state index contributed by atoms with van der Waals surface area (Å²) in [7, 11) is -3.70. The standard InChI is InChI=1S/C13H15ClN2O3S/c1-2-16(6-3-5-15)20(17,18)12-9-11(14)8-10-4-7-19-13(10)12/h8-9H,2-4,6-7H2,1H3. The molecule has 1 aromatic rings. The number of fused-ring (bicyclic) bond motifs is 1. The second kappa shape index (κ2) is 6.00. The Morgan fingerprint density at radius 1 is 1.50 bits per heavy atom. The van der Waals surface area contributed by atoms with Crippen molar-refractivity contribution in [3.63, 3.8) is 0 Å². The van der Waals surface area contributed by atoms with Gasteiger partial charge in [0.15, 0.2) is 0 Å². The molecule has 0 aliphatic carbocycles. The van der Waals surface area contributed by atoms with Gasteiger partial charge in [0, 0.05) is 36.5 Å². The van der Waals surface area contributed by atoms with Crippen LogP contribution in [0.1, 0.15) is 18.9 Å². The Morgan fingerprint density at radius 3 is 2.90 bits per heavy atom. The van der Waals surface area contributed by atoms with Crippen LogP contribution in [0.15, 0.2) is 17.0 Å². The van der Waals surface area contributed by atoms with Gasteiger partial charge in [-0.05, 0) is 12.1 Å². The molecule has 1 aliphatic heterocycles. The second-order valence-corrected chi connectivity index (χ2v) is 6.74. The van der Waals surface area contributed by atoms with Gasteiger partial charge in [-0.3, -0.25) is 0 Å². The average molecular weight is 315 g/mol. The Bertz CT molecular complexity index is 652. The molecule has 0 atom stereocenters. The summed E-state index contributed by atoms with van der Waals surface area (Å²) in [6, 6.07) is 5.10. The molecule has 1 heterocycles. The number of hydrogen-bond donors (Lipinski definition) is 0. The molecule has 0 N–H and O–H groups in total. The van der Waals surface area contributed by atoms with E-state index in [4.69, 9.17) is 21.6 Å². The van der Waals surface area contributed by atoms with Gasteiger partial charge >= 0.3 is 0 Å². The first-order valence-corrected chi connectivity index (χ1v) is 8.14. The van der Waals surface area contributed by atoms with Crippen LogP contribution in [0.3, 0.4) is 0 Å². The molecule has 108 valence electrons. The molecule has 0 aromatic heterocycles. The van der Waals surface area contributed by atoms with E-state index in [9.17, 15) is 8.42 Å². The second-order valence-electron chi connectivity index (χ2n) is 4.40. The van der Waals surface area contributed by atoms with E-state index in [2.05, 4.69) is 0 Å². The van der Waals surface area contributed by atoms with Crippen LogP contribution in [0.25, 0.3) is 0 Å². The molecule has 7 heteroatoms. The molecule has 1 aliphatic rings. The van der Waals surface area contributed by atoms with E-state index in [1.54, 1.807) is 13.0 Å². The van der Waals surface area contributed by atoms with Crippen molar-refractivity contribution >= 4 is 21.6 Å². The van der Waals surface area contributed by atoms with E-state index in [1.165, 1.54) is 10.4 Å². The normalized spacial score (nSPS) is 13.9. The van der Waals surface area contributed by atoms with Gasteiger partial charge in [-0.15, -0.1) is 0 Å². The first-order chi connectivity index (χ1) is 9.50. The van der Waals surface area contributed by atoms with Gasteiger partial charge in [-0.1, -0.05) is 18.5 Å². The van der Waals surface area contributed by atoms with Gasteiger partial charge in [0.25, 0.3) is 0 Å². The fourth-order valence-corrected chi connectivity index (χ4v) is 4.14. The zero-order chi connectivity index (χ0) is 14.8. The van der Waals surface area contributed by atoms with Crippen LogP contribution in [0.4, 0.5) is 0 Å². The summed E-state index contributed by atoms with van der Waals surface area (Å²) < 4.78 is 32.0.